The molecule has 3 aromatic rings. The molecule has 0 bridgehead atoms. The maximum absolute atomic E-state index is 13.3. The van der Waals surface area contributed by atoms with E-state index in [1.807, 2.05) is 63.9 Å². The second kappa shape index (κ2) is 12.9. The van der Waals surface area contributed by atoms with Gasteiger partial charge in [-0.25, -0.2) is 14.5 Å². The highest BCUT2D eigenvalue weighted by atomic mass is 35.5. The number of hydrazine groups is 1. The maximum atomic E-state index is 13.3. The summed E-state index contributed by atoms with van der Waals surface area (Å²) in [7, 11) is 0. The number of hydrogen-bond donors (Lipinski definition) is 3. The molecule has 1 saturated heterocycles. The lowest BCUT2D eigenvalue weighted by atomic mass is 9.73. The van der Waals surface area contributed by atoms with E-state index in [-0.39, 0.29) is 11.3 Å². The van der Waals surface area contributed by atoms with Gasteiger partial charge in [0.15, 0.2) is 5.69 Å². The molecule has 1 atom stereocenters. The molecule has 42 heavy (non-hydrogen) atoms. The number of ether oxygens (including phenoxy) is 1. The number of piperidine rings is 1. The van der Waals surface area contributed by atoms with Crippen LogP contribution in [0.5, 0.6) is 5.75 Å². The van der Waals surface area contributed by atoms with Gasteiger partial charge in [0.2, 0.25) is 0 Å². The number of halogens is 2. The van der Waals surface area contributed by atoms with E-state index in [2.05, 4.69) is 10.7 Å². The summed E-state index contributed by atoms with van der Waals surface area (Å²) in [6.45, 7) is 11.7. The van der Waals surface area contributed by atoms with Gasteiger partial charge in [0.25, 0.3) is 5.91 Å². The van der Waals surface area contributed by atoms with E-state index < -0.39 is 11.6 Å². The molecule has 9 nitrogen and oxygen atoms in total. The molecule has 1 aliphatic rings. The molecule has 3 N–H and O–H groups in total. The largest absolute Gasteiger partial charge is 0.494 e. The molecule has 0 spiro atoms. The Labute approximate surface area is 257 Å². The minimum atomic E-state index is -1.06. The van der Waals surface area contributed by atoms with Crippen LogP contribution in [0.2, 0.25) is 10.0 Å². The van der Waals surface area contributed by atoms with Crippen LogP contribution in [0.1, 0.15) is 69.4 Å². The normalized spacial score (nSPS) is 15.6. The fraction of sp³-hybridized carbons (Fsp3) is 0.452. The molecular weight excluding hydrogens is 577 g/mol. The third-order valence-corrected chi connectivity index (χ3v) is 8.67. The summed E-state index contributed by atoms with van der Waals surface area (Å²) < 4.78 is 7.70. The fourth-order valence-corrected chi connectivity index (χ4v) is 5.51. The zero-order valence-corrected chi connectivity index (χ0v) is 26.3. The monoisotopic (exact) mass is 615 g/mol. The molecule has 1 aromatic heterocycles. The summed E-state index contributed by atoms with van der Waals surface area (Å²) in [5.41, 5.74) is 5.20. The lowest BCUT2D eigenvalue weighted by Crippen LogP contribution is -2.55. The van der Waals surface area contributed by atoms with Crippen LogP contribution < -0.4 is 15.5 Å². The van der Waals surface area contributed by atoms with Crippen LogP contribution in [0, 0.1) is 12.3 Å². The van der Waals surface area contributed by atoms with Crippen molar-refractivity contribution in [1.29, 1.82) is 0 Å². The summed E-state index contributed by atoms with van der Waals surface area (Å²) in [5, 5.41) is 19.6. The standard InChI is InChI=1S/C31H39Cl2N5O4/c1-20-26(28(39)36-37-16-7-6-8-17-37)35-38(25-14-11-22(32)19-24(25)33)27(20)21-9-12-23(13-10-21)42-18-15-31(5,30(2,3)4)34-29(40)41/h9-14,19,34H,6-8,15-18H2,1-5H3,(H,36,39)(H,40,41). The molecule has 226 valence electrons. The number of nitrogens with one attached hydrogen (secondary N) is 2. The van der Waals surface area contributed by atoms with Gasteiger partial charge in [-0.2, -0.15) is 5.10 Å². The van der Waals surface area contributed by atoms with E-state index in [1.165, 1.54) is 0 Å². The smallest absolute Gasteiger partial charge is 0.405 e. The van der Waals surface area contributed by atoms with Crippen LogP contribution in [0.15, 0.2) is 42.5 Å². The quantitative estimate of drug-likeness (QED) is 0.236. The van der Waals surface area contributed by atoms with Crippen LogP contribution in [-0.4, -0.2) is 57.1 Å². The molecule has 4 rings (SSSR count). The van der Waals surface area contributed by atoms with E-state index in [0.717, 1.165) is 43.6 Å². The van der Waals surface area contributed by atoms with Gasteiger partial charge in [-0.1, -0.05) is 50.4 Å². The number of carbonyl (C=O) groups is 2. The minimum absolute atomic E-state index is 0.267. The zero-order valence-electron chi connectivity index (χ0n) is 24.8. The Morgan fingerprint density at radius 3 is 2.29 bits per heavy atom. The average molecular weight is 617 g/mol. The first kappa shape index (κ1) is 31.7. The highest BCUT2D eigenvalue weighted by Gasteiger charge is 2.38. The first-order valence-corrected chi connectivity index (χ1v) is 14.9. The summed E-state index contributed by atoms with van der Waals surface area (Å²) in [6, 6.07) is 12.7. The first-order valence-electron chi connectivity index (χ1n) is 14.1. The molecule has 2 heterocycles. The SMILES string of the molecule is Cc1c(C(=O)NN2CCCCC2)nn(-c2ccc(Cl)cc2Cl)c1-c1ccc(OCCC(C)(NC(=O)O)C(C)(C)C)cc1. The second-order valence-corrected chi connectivity index (χ2v) is 12.8. The number of nitrogens with zero attached hydrogens (tertiary/aromatic N) is 3. The number of rotatable bonds is 9. The molecular formula is C31H39Cl2N5O4. The van der Waals surface area contributed by atoms with Crippen molar-refractivity contribution in [3.8, 4) is 22.7 Å². The Kier molecular flexibility index (Phi) is 9.75. The average Bonchev–Trinajstić information content (AvgIpc) is 3.25. The number of carbonyl (C=O) groups excluding carboxylic acids is 1. The van der Waals surface area contributed by atoms with Gasteiger partial charge >= 0.3 is 6.09 Å². The summed E-state index contributed by atoms with van der Waals surface area (Å²) >= 11 is 12.7. The lowest BCUT2D eigenvalue weighted by Gasteiger charge is -2.41. The van der Waals surface area contributed by atoms with E-state index in [1.54, 1.807) is 22.9 Å². The van der Waals surface area contributed by atoms with Gasteiger partial charge in [-0.05, 0) is 74.6 Å². The predicted molar refractivity (Wildman–Crippen MR) is 166 cm³/mol. The Morgan fingerprint density at radius 2 is 1.69 bits per heavy atom. The second-order valence-electron chi connectivity index (χ2n) is 12.0. The van der Waals surface area contributed by atoms with Crippen molar-refractivity contribution in [3.63, 3.8) is 0 Å². The first-order chi connectivity index (χ1) is 19.8. The topological polar surface area (TPSA) is 109 Å². The van der Waals surface area contributed by atoms with Crippen LogP contribution in [-0.2, 0) is 0 Å². The van der Waals surface area contributed by atoms with Crippen molar-refractivity contribution < 1.29 is 19.4 Å². The Balaban J connectivity index is 1.61. The Morgan fingerprint density at radius 1 is 1.02 bits per heavy atom. The van der Waals surface area contributed by atoms with Crippen molar-refractivity contribution in [1.82, 2.24) is 25.5 Å². The van der Waals surface area contributed by atoms with Crippen LogP contribution >= 0.6 is 23.2 Å². The number of amides is 2. The molecule has 0 saturated carbocycles. The summed E-state index contributed by atoms with van der Waals surface area (Å²) in [6.07, 6.45) is 2.67. The molecule has 1 fully saturated rings. The molecule has 2 aromatic carbocycles. The van der Waals surface area contributed by atoms with Crippen molar-refractivity contribution in [2.75, 3.05) is 19.7 Å². The maximum Gasteiger partial charge on any atom is 0.405 e. The molecule has 0 radical (unpaired) electrons. The Bertz CT molecular complexity index is 1430. The molecule has 1 unspecified atom stereocenters. The zero-order chi connectivity index (χ0) is 30.7. The van der Waals surface area contributed by atoms with Gasteiger partial charge in [0.1, 0.15) is 5.75 Å². The van der Waals surface area contributed by atoms with Crippen molar-refractivity contribution in [2.24, 2.45) is 5.41 Å². The van der Waals surface area contributed by atoms with Crippen molar-refractivity contribution >= 4 is 35.2 Å². The van der Waals surface area contributed by atoms with E-state index >= 15 is 0 Å². The molecule has 0 aliphatic carbocycles. The molecule has 2 amide bonds. The van der Waals surface area contributed by atoms with Gasteiger partial charge in [0.05, 0.1) is 23.0 Å². The number of aromatic nitrogens is 2. The molecule has 11 heteroatoms. The highest BCUT2D eigenvalue weighted by Crippen LogP contribution is 2.35. The van der Waals surface area contributed by atoms with Crippen LogP contribution in [0.4, 0.5) is 4.79 Å². The van der Waals surface area contributed by atoms with Gasteiger partial charge in [-0.15, -0.1) is 0 Å². The third-order valence-electron chi connectivity index (χ3n) is 8.13. The Hall–Kier alpha value is -3.27. The highest BCUT2D eigenvalue weighted by molar-refractivity contribution is 6.35. The summed E-state index contributed by atoms with van der Waals surface area (Å²) in [5.74, 6) is 0.373. The lowest BCUT2D eigenvalue weighted by molar-refractivity contribution is 0.0743. The van der Waals surface area contributed by atoms with E-state index in [9.17, 15) is 14.7 Å². The van der Waals surface area contributed by atoms with Crippen molar-refractivity contribution in [3.05, 3.63) is 63.8 Å². The fourth-order valence-electron chi connectivity index (χ4n) is 5.02. The minimum Gasteiger partial charge on any atom is -0.494 e. The number of benzene rings is 2. The van der Waals surface area contributed by atoms with Crippen molar-refractivity contribution in [2.45, 2.75) is 65.8 Å². The molecule has 1 aliphatic heterocycles. The van der Waals surface area contributed by atoms with Gasteiger partial charge in [0, 0.05) is 41.2 Å². The van der Waals surface area contributed by atoms with Crippen LogP contribution in [0.3, 0.4) is 0 Å². The number of carboxylic acid groups (broad SMARTS) is 1. The number of hydrogen-bond acceptors (Lipinski definition) is 5. The van der Waals surface area contributed by atoms with E-state index in [4.69, 9.17) is 33.0 Å². The van der Waals surface area contributed by atoms with Crippen LogP contribution in [0.25, 0.3) is 16.9 Å². The van der Waals surface area contributed by atoms with E-state index in [0.29, 0.717) is 45.8 Å². The third kappa shape index (κ3) is 7.19. The van der Waals surface area contributed by atoms with Gasteiger partial charge in [-0.3, -0.25) is 10.2 Å². The predicted octanol–water partition coefficient (Wildman–Crippen LogP) is 7.13. The van der Waals surface area contributed by atoms with Gasteiger partial charge < -0.3 is 15.2 Å². The summed E-state index contributed by atoms with van der Waals surface area (Å²) in [4.78, 5) is 24.8.